The van der Waals surface area contributed by atoms with Crippen LogP contribution in [-0.4, -0.2) is 51.7 Å². The number of aliphatic hydroxyl groups excluding tert-OH is 1. The van der Waals surface area contributed by atoms with Crippen LogP contribution in [-0.2, 0) is 11.3 Å². The minimum atomic E-state index is -0.523. The van der Waals surface area contributed by atoms with Gasteiger partial charge in [0.05, 0.1) is 29.7 Å². The molecule has 34 heavy (non-hydrogen) atoms. The van der Waals surface area contributed by atoms with Gasteiger partial charge in [0.1, 0.15) is 5.75 Å². The summed E-state index contributed by atoms with van der Waals surface area (Å²) in [5.74, 6) is 1.97. The highest BCUT2D eigenvalue weighted by Crippen LogP contribution is 2.35. The number of hydrogen-bond donors (Lipinski definition) is 1. The molecule has 0 unspecified atom stereocenters. The first-order chi connectivity index (χ1) is 16.4. The third-order valence-corrected chi connectivity index (χ3v) is 6.00. The molecule has 0 amide bonds. The van der Waals surface area contributed by atoms with Gasteiger partial charge in [-0.15, -0.1) is 0 Å². The minimum Gasteiger partial charge on any atom is -0.439 e. The smallest absolute Gasteiger partial charge is 0.227 e. The molecule has 4 rings (SSSR count). The van der Waals surface area contributed by atoms with Crippen molar-refractivity contribution in [1.82, 2.24) is 14.7 Å². The zero-order chi connectivity index (χ0) is 24.1. The van der Waals surface area contributed by atoms with E-state index in [1.165, 1.54) is 5.56 Å². The molecule has 1 fully saturated rings. The lowest BCUT2D eigenvalue weighted by atomic mass is 10.2. The molecule has 0 bridgehead atoms. The number of aliphatic hydroxyl groups is 1. The van der Waals surface area contributed by atoms with E-state index in [-0.39, 0.29) is 0 Å². The summed E-state index contributed by atoms with van der Waals surface area (Å²) in [4.78, 5) is 2.35. The molecule has 0 radical (unpaired) electrons. The second-order valence-corrected chi connectivity index (χ2v) is 9.78. The zero-order valence-electron chi connectivity index (χ0n) is 20.8. The van der Waals surface area contributed by atoms with Crippen LogP contribution in [0, 0.1) is 19.8 Å². The number of ether oxygens (including phenoxy) is 2. The third kappa shape index (κ3) is 6.47. The van der Waals surface area contributed by atoms with Gasteiger partial charge in [-0.2, -0.15) is 5.10 Å². The molecular formula is C28H37N3O3. The summed E-state index contributed by atoms with van der Waals surface area (Å²) in [6.07, 6.45) is 1.78. The molecular weight excluding hydrogens is 426 g/mol. The maximum absolute atomic E-state index is 10.7. The Labute approximate surface area is 203 Å². The van der Waals surface area contributed by atoms with Crippen LogP contribution in [0.4, 0.5) is 0 Å². The number of benzene rings is 2. The molecule has 1 heterocycles. The molecule has 1 aromatic heterocycles. The van der Waals surface area contributed by atoms with Gasteiger partial charge in [-0.1, -0.05) is 49.7 Å². The van der Waals surface area contributed by atoms with Gasteiger partial charge in [0, 0.05) is 25.7 Å². The van der Waals surface area contributed by atoms with Crippen LogP contribution in [0.1, 0.15) is 43.5 Å². The first-order valence-corrected chi connectivity index (χ1v) is 12.3. The summed E-state index contributed by atoms with van der Waals surface area (Å²) in [7, 11) is 0. The standard InChI is InChI=1S/C28H37N3O3/c1-20(2)18-33-19-25(32)16-30(23-12-13-23)17-27-22(4)29-31(24-8-6-5-7-9-24)28(27)34-26-14-10-21(3)11-15-26/h5-11,14-15,20,23,25,32H,12-13,16-19H2,1-4H3/t25-/m0/s1. The first kappa shape index (κ1) is 24.5. The van der Waals surface area contributed by atoms with Gasteiger partial charge in [-0.05, 0) is 56.9 Å². The molecule has 0 aliphatic heterocycles. The van der Waals surface area contributed by atoms with Gasteiger partial charge in [0.2, 0.25) is 5.88 Å². The highest BCUT2D eigenvalue weighted by Gasteiger charge is 2.32. The SMILES string of the molecule is Cc1ccc(Oc2c(CN(C[C@H](O)COCC(C)C)C3CC3)c(C)nn2-c2ccccc2)cc1. The van der Waals surface area contributed by atoms with E-state index in [0.29, 0.717) is 38.3 Å². The van der Waals surface area contributed by atoms with Crippen molar-refractivity contribution in [2.24, 2.45) is 5.92 Å². The molecule has 3 aromatic rings. The molecule has 0 spiro atoms. The van der Waals surface area contributed by atoms with Gasteiger partial charge in [-0.25, -0.2) is 4.68 Å². The monoisotopic (exact) mass is 463 g/mol. The summed E-state index contributed by atoms with van der Waals surface area (Å²) in [5, 5.41) is 15.5. The fourth-order valence-corrected chi connectivity index (χ4v) is 4.04. The fourth-order valence-electron chi connectivity index (χ4n) is 4.04. The Hall–Kier alpha value is -2.67. The molecule has 1 aliphatic rings. The van der Waals surface area contributed by atoms with E-state index in [2.05, 4.69) is 37.8 Å². The van der Waals surface area contributed by atoms with E-state index < -0.39 is 6.10 Å². The van der Waals surface area contributed by atoms with E-state index in [0.717, 1.165) is 41.4 Å². The summed E-state index contributed by atoms with van der Waals surface area (Å²) < 4.78 is 14.0. The quantitative estimate of drug-likeness (QED) is 0.396. The Kier molecular flexibility index (Phi) is 8.03. The number of aryl methyl sites for hydroxylation is 2. The Morgan fingerprint density at radius 1 is 1.03 bits per heavy atom. The number of para-hydroxylation sites is 1. The molecule has 0 saturated heterocycles. The second-order valence-electron chi connectivity index (χ2n) is 9.78. The zero-order valence-corrected chi connectivity index (χ0v) is 20.8. The summed E-state index contributed by atoms with van der Waals surface area (Å²) in [5.41, 5.74) is 4.13. The molecule has 1 N–H and O–H groups in total. The highest BCUT2D eigenvalue weighted by atomic mass is 16.5. The van der Waals surface area contributed by atoms with Crippen LogP contribution < -0.4 is 4.74 Å². The van der Waals surface area contributed by atoms with E-state index in [9.17, 15) is 5.11 Å². The Morgan fingerprint density at radius 3 is 2.38 bits per heavy atom. The van der Waals surface area contributed by atoms with Gasteiger partial charge in [0.25, 0.3) is 0 Å². The van der Waals surface area contributed by atoms with Crippen molar-refractivity contribution in [3.05, 3.63) is 71.4 Å². The summed E-state index contributed by atoms with van der Waals surface area (Å²) in [6.45, 7) is 10.6. The summed E-state index contributed by atoms with van der Waals surface area (Å²) in [6, 6.07) is 18.6. The van der Waals surface area contributed by atoms with Crippen LogP contribution >= 0.6 is 0 Å². The van der Waals surface area contributed by atoms with Crippen LogP contribution in [0.3, 0.4) is 0 Å². The van der Waals surface area contributed by atoms with Gasteiger partial charge < -0.3 is 14.6 Å². The lowest BCUT2D eigenvalue weighted by Gasteiger charge is -2.25. The van der Waals surface area contributed by atoms with E-state index in [1.807, 2.05) is 54.1 Å². The van der Waals surface area contributed by atoms with E-state index >= 15 is 0 Å². The fraction of sp³-hybridized carbons (Fsp3) is 0.464. The number of hydrogen-bond acceptors (Lipinski definition) is 5. The van der Waals surface area contributed by atoms with Crippen molar-refractivity contribution >= 4 is 0 Å². The number of rotatable bonds is 12. The average Bonchev–Trinajstić information content (AvgIpc) is 3.62. The van der Waals surface area contributed by atoms with Crippen molar-refractivity contribution in [2.45, 2.75) is 59.2 Å². The second kappa shape index (κ2) is 11.2. The first-order valence-electron chi connectivity index (χ1n) is 12.3. The van der Waals surface area contributed by atoms with Gasteiger partial charge in [-0.3, -0.25) is 4.90 Å². The van der Waals surface area contributed by atoms with Crippen LogP contribution in [0.5, 0.6) is 11.6 Å². The van der Waals surface area contributed by atoms with Crippen LogP contribution in [0.25, 0.3) is 5.69 Å². The normalized spacial score (nSPS) is 14.7. The lowest BCUT2D eigenvalue weighted by molar-refractivity contribution is 0.00536. The third-order valence-electron chi connectivity index (χ3n) is 6.00. The molecule has 6 heteroatoms. The van der Waals surface area contributed by atoms with Gasteiger partial charge >= 0.3 is 0 Å². The largest absolute Gasteiger partial charge is 0.439 e. The number of nitrogens with zero attached hydrogens (tertiary/aromatic N) is 3. The molecule has 1 atom stereocenters. The lowest BCUT2D eigenvalue weighted by Crippen LogP contribution is -2.36. The average molecular weight is 464 g/mol. The van der Waals surface area contributed by atoms with Crippen LogP contribution in [0.2, 0.25) is 0 Å². The van der Waals surface area contributed by atoms with Crippen molar-refractivity contribution in [3.63, 3.8) is 0 Å². The predicted molar refractivity (Wildman–Crippen MR) is 135 cm³/mol. The topological polar surface area (TPSA) is 59.8 Å². The minimum absolute atomic E-state index is 0.358. The Bertz CT molecular complexity index is 1040. The molecule has 1 saturated carbocycles. The molecule has 182 valence electrons. The van der Waals surface area contributed by atoms with Crippen LogP contribution in [0.15, 0.2) is 54.6 Å². The molecule has 2 aromatic carbocycles. The van der Waals surface area contributed by atoms with Crippen molar-refractivity contribution in [3.8, 4) is 17.3 Å². The Balaban J connectivity index is 1.59. The maximum Gasteiger partial charge on any atom is 0.227 e. The van der Waals surface area contributed by atoms with E-state index in [4.69, 9.17) is 14.6 Å². The van der Waals surface area contributed by atoms with Crippen molar-refractivity contribution < 1.29 is 14.6 Å². The Morgan fingerprint density at radius 2 is 1.74 bits per heavy atom. The number of aromatic nitrogens is 2. The van der Waals surface area contributed by atoms with Gasteiger partial charge in [0.15, 0.2) is 0 Å². The molecule has 6 nitrogen and oxygen atoms in total. The van der Waals surface area contributed by atoms with Crippen molar-refractivity contribution in [1.29, 1.82) is 0 Å². The van der Waals surface area contributed by atoms with E-state index in [1.54, 1.807) is 0 Å². The maximum atomic E-state index is 10.7. The predicted octanol–water partition coefficient (Wildman–Crippen LogP) is 5.28. The molecule has 1 aliphatic carbocycles. The highest BCUT2D eigenvalue weighted by molar-refractivity contribution is 5.43. The summed E-state index contributed by atoms with van der Waals surface area (Å²) >= 11 is 0. The van der Waals surface area contributed by atoms with Crippen molar-refractivity contribution in [2.75, 3.05) is 19.8 Å².